The highest BCUT2D eigenvalue weighted by molar-refractivity contribution is 5.93. The fraction of sp³-hybridized carbons (Fsp3) is 0.190. The Hall–Kier alpha value is -3.61. The molecule has 0 aliphatic carbocycles. The molecule has 0 saturated heterocycles. The Morgan fingerprint density at radius 1 is 1.04 bits per heavy atom. The summed E-state index contributed by atoms with van der Waals surface area (Å²) < 4.78 is 10.3. The van der Waals surface area contributed by atoms with Crippen LogP contribution in [0.2, 0.25) is 0 Å². The van der Waals surface area contributed by atoms with Crippen LogP contribution < -0.4 is 20.5 Å². The van der Waals surface area contributed by atoms with Crippen LogP contribution in [0.5, 0.6) is 11.5 Å². The van der Waals surface area contributed by atoms with E-state index in [2.05, 4.69) is 15.3 Å². The van der Waals surface area contributed by atoms with Crippen molar-refractivity contribution >= 4 is 5.91 Å². The van der Waals surface area contributed by atoms with E-state index in [0.717, 1.165) is 11.3 Å². The van der Waals surface area contributed by atoms with Crippen LogP contribution in [0.15, 0.2) is 59.4 Å². The molecule has 0 atom stereocenters. The minimum Gasteiger partial charge on any atom is -0.497 e. The van der Waals surface area contributed by atoms with Crippen LogP contribution in [-0.4, -0.2) is 36.6 Å². The van der Waals surface area contributed by atoms with Gasteiger partial charge in [-0.3, -0.25) is 4.79 Å². The minimum atomic E-state index is -0.583. The Labute approximate surface area is 162 Å². The number of aromatic nitrogens is 2. The second kappa shape index (κ2) is 8.85. The lowest BCUT2D eigenvalue weighted by Gasteiger charge is -2.08. The molecular weight excluding hydrogens is 358 g/mol. The number of benzene rings is 2. The molecular formula is C21H21N3O4. The average Bonchev–Trinajstić information content (AvgIpc) is 2.73. The highest BCUT2D eigenvalue weighted by Gasteiger charge is 2.11. The molecule has 7 nitrogen and oxygen atoms in total. The molecule has 0 bridgehead atoms. The predicted molar refractivity (Wildman–Crippen MR) is 106 cm³/mol. The first-order chi connectivity index (χ1) is 13.6. The molecule has 0 radical (unpaired) electrons. The lowest BCUT2D eigenvalue weighted by Crippen LogP contribution is -2.29. The molecule has 1 amide bonds. The van der Waals surface area contributed by atoms with Crippen molar-refractivity contribution in [1.29, 1.82) is 0 Å². The fourth-order valence-electron chi connectivity index (χ4n) is 2.72. The second-order valence-corrected chi connectivity index (χ2v) is 6.07. The van der Waals surface area contributed by atoms with Gasteiger partial charge in [-0.05, 0) is 42.3 Å². The van der Waals surface area contributed by atoms with Crippen LogP contribution in [0.25, 0.3) is 11.3 Å². The smallest absolute Gasteiger partial charge is 0.346 e. The minimum absolute atomic E-state index is 0.160. The summed E-state index contributed by atoms with van der Waals surface area (Å²) in [4.78, 5) is 30.8. The molecule has 0 fully saturated rings. The van der Waals surface area contributed by atoms with Gasteiger partial charge in [0.25, 0.3) is 5.91 Å². The summed E-state index contributed by atoms with van der Waals surface area (Å²) in [6.07, 6.45) is 0.661. The van der Waals surface area contributed by atoms with Crippen molar-refractivity contribution in [3.8, 4) is 22.8 Å². The maximum atomic E-state index is 12.4. The number of rotatable bonds is 7. The number of carbonyl (C=O) groups excluding carboxylic acids is 1. The Morgan fingerprint density at radius 2 is 1.79 bits per heavy atom. The van der Waals surface area contributed by atoms with Crippen LogP contribution in [-0.2, 0) is 6.42 Å². The number of carbonyl (C=O) groups is 1. The van der Waals surface area contributed by atoms with Gasteiger partial charge in [-0.2, -0.15) is 4.98 Å². The van der Waals surface area contributed by atoms with Gasteiger partial charge in [-0.1, -0.05) is 24.3 Å². The average molecular weight is 379 g/mol. The molecule has 0 unspecified atom stereocenters. The second-order valence-electron chi connectivity index (χ2n) is 6.07. The van der Waals surface area contributed by atoms with E-state index < -0.39 is 5.69 Å². The van der Waals surface area contributed by atoms with Crippen molar-refractivity contribution in [2.45, 2.75) is 6.42 Å². The van der Waals surface area contributed by atoms with E-state index in [4.69, 9.17) is 9.47 Å². The maximum absolute atomic E-state index is 12.4. The SMILES string of the molecule is COc1ccc(CCNC(=O)c2cc(-c3cccc(OC)c3)nc(=O)[nH]2)cc1. The van der Waals surface area contributed by atoms with Crippen molar-refractivity contribution in [2.24, 2.45) is 0 Å². The van der Waals surface area contributed by atoms with Gasteiger partial charge in [0.1, 0.15) is 17.2 Å². The summed E-state index contributed by atoms with van der Waals surface area (Å²) >= 11 is 0. The van der Waals surface area contributed by atoms with E-state index in [1.54, 1.807) is 44.6 Å². The number of ether oxygens (including phenoxy) is 2. The largest absolute Gasteiger partial charge is 0.497 e. The van der Waals surface area contributed by atoms with E-state index in [-0.39, 0.29) is 11.6 Å². The molecule has 3 aromatic rings. The lowest BCUT2D eigenvalue weighted by molar-refractivity contribution is 0.0948. The van der Waals surface area contributed by atoms with Gasteiger partial charge in [-0.25, -0.2) is 4.79 Å². The van der Waals surface area contributed by atoms with Crippen LogP contribution in [0, 0.1) is 0 Å². The van der Waals surface area contributed by atoms with Crippen LogP contribution in [0.4, 0.5) is 0 Å². The van der Waals surface area contributed by atoms with Crippen LogP contribution in [0.3, 0.4) is 0 Å². The molecule has 0 aliphatic rings. The molecule has 28 heavy (non-hydrogen) atoms. The Balaban J connectivity index is 1.69. The molecule has 3 rings (SSSR count). The number of hydrogen-bond donors (Lipinski definition) is 2. The number of hydrogen-bond acceptors (Lipinski definition) is 5. The monoisotopic (exact) mass is 379 g/mol. The van der Waals surface area contributed by atoms with Gasteiger partial charge in [0, 0.05) is 12.1 Å². The third-order valence-corrected chi connectivity index (χ3v) is 4.21. The summed E-state index contributed by atoms with van der Waals surface area (Å²) in [7, 11) is 3.18. The number of amides is 1. The summed E-state index contributed by atoms with van der Waals surface area (Å²) in [6, 6.07) is 16.3. The summed E-state index contributed by atoms with van der Waals surface area (Å²) in [5.74, 6) is 1.06. The highest BCUT2D eigenvalue weighted by atomic mass is 16.5. The van der Waals surface area contributed by atoms with Crippen molar-refractivity contribution in [3.05, 3.63) is 76.3 Å². The number of aromatic amines is 1. The van der Waals surface area contributed by atoms with Gasteiger partial charge in [0.05, 0.1) is 19.9 Å². The summed E-state index contributed by atoms with van der Waals surface area (Å²) in [5.41, 5.74) is 1.75. The third-order valence-electron chi connectivity index (χ3n) is 4.21. The van der Waals surface area contributed by atoms with Crippen molar-refractivity contribution in [3.63, 3.8) is 0 Å². The molecule has 1 heterocycles. The Kier molecular flexibility index (Phi) is 6.06. The zero-order valence-electron chi connectivity index (χ0n) is 15.7. The van der Waals surface area contributed by atoms with E-state index in [1.807, 2.05) is 24.3 Å². The van der Waals surface area contributed by atoms with E-state index in [0.29, 0.717) is 30.0 Å². The summed E-state index contributed by atoms with van der Waals surface area (Å²) in [5, 5.41) is 2.81. The predicted octanol–water partition coefficient (Wildman–Crippen LogP) is 2.43. The zero-order valence-corrected chi connectivity index (χ0v) is 15.7. The first-order valence-electron chi connectivity index (χ1n) is 8.76. The fourth-order valence-corrected chi connectivity index (χ4v) is 2.72. The van der Waals surface area contributed by atoms with Crippen molar-refractivity contribution in [2.75, 3.05) is 20.8 Å². The number of nitrogens with one attached hydrogen (secondary N) is 2. The number of H-pyrrole nitrogens is 1. The molecule has 1 aromatic heterocycles. The van der Waals surface area contributed by atoms with E-state index in [1.165, 1.54) is 0 Å². The van der Waals surface area contributed by atoms with Gasteiger partial charge < -0.3 is 19.8 Å². The first kappa shape index (κ1) is 19.2. The Bertz CT molecular complexity index is 1010. The first-order valence-corrected chi connectivity index (χ1v) is 8.76. The summed E-state index contributed by atoms with van der Waals surface area (Å²) in [6.45, 7) is 0.435. The lowest BCUT2D eigenvalue weighted by atomic mass is 10.1. The zero-order chi connectivity index (χ0) is 19.9. The van der Waals surface area contributed by atoms with Crippen molar-refractivity contribution < 1.29 is 14.3 Å². The Morgan fingerprint density at radius 3 is 2.50 bits per heavy atom. The van der Waals surface area contributed by atoms with Gasteiger partial charge in [0.15, 0.2) is 0 Å². The number of methoxy groups -OCH3 is 2. The van der Waals surface area contributed by atoms with Crippen molar-refractivity contribution in [1.82, 2.24) is 15.3 Å². The standard InChI is InChI=1S/C21H21N3O4/c1-27-16-8-6-14(7-9-16)10-11-22-20(25)19-13-18(23-21(26)24-19)15-4-3-5-17(12-15)28-2/h3-9,12-13H,10-11H2,1-2H3,(H,22,25)(H,23,24,26). The topological polar surface area (TPSA) is 93.3 Å². The van der Waals surface area contributed by atoms with E-state index >= 15 is 0 Å². The molecule has 0 aliphatic heterocycles. The molecule has 2 aromatic carbocycles. The van der Waals surface area contributed by atoms with Crippen LogP contribution >= 0.6 is 0 Å². The molecule has 7 heteroatoms. The maximum Gasteiger partial charge on any atom is 0.346 e. The molecule has 0 spiro atoms. The normalized spacial score (nSPS) is 10.4. The number of nitrogens with zero attached hydrogens (tertiary/aromatic N) is 1. The molecule has 144 valence electrons. The van der Waals surface area contributed by atoms with E-state index in [9.17, 15) is 9.59 Å². The highest BCUT2D eigenvalue weighted by Crippen LogP contribution is 2.21. The van der Waals surface area contributed by atoms with Gasteiger partial charge in [0.2, 0.25) is 0 Å². The quantitative estimate of drug-likeness (QED) is 0.658. The molecule has 2 N–H and O–H groups in total. The third kappa shape index (κ3) is 4.76. The van der Waals surface area contributed by atoms with Crippen LogP contribution in [0.1, 0.15) is 16.1 Å². The molecule has 0 saturated carbocycles. The van der Waals surface area contributed by atoms with Gasteiger partial charge in [-0.15, -0.1) is 0 Å². The van der Waals surface area contributed by atoms with Gasteiger partial charge >= 0.3 is 5.69 Å².